The first-order chi connectivity index (χ1) is 14.0. The van der Waals surface area contributed by atoms with Crippen LogP contribution in [0.2, 0.25) is 0 Å². The molecule has 2 saturated heterocycles. The summed E-state index contributed by atoms with van der Waals surface area (Å²) in [6.07, 6.45) is -7.56. The van der Waals surface area contributed by atoms with E-state index in [1.54, 1.807) is 0 Å². The Balaban J connectivity index is 1.73. The zero-order valence-electron chi connectivity index (χ0n) is 16.8. The molecule has 0 bridgehead atoms. The molecule has 1 amide bonds. The molecule has 2 heterocycles. The molecule has 8 atom stereocenters. The second-order valence-corrected chi connectivity index (χ2v) is 9.02. The molecule has 0 radical (unpaired) electrons. The fourth-order valence-electron chi connectivity index (χ4n) is 4.17. The van der Waals surface area contributed by atoms with E-state index in [0.29, 0.717) is 12.8 Å². The van der Waals surface area contributed by atoms with Gasteiger partial charge in [0.25, 0.3) is 0 Å². The number of rotatable bonds is 3. The van der Waals surface area contributed by atoms with E-state index in [-0.39, 0.29) is 42.7 Å². The molecule has 3 fully saturated rings. The van der Waals surface area contributed by atoms with Crippen LogP contribution < -0.4 is 21.5 Å². The number of hydrogen-bond donors (Lipinski definition) is 4. The number of nitrogens with zero attached hydrogens (tertiary/aromatic N) is 1. The van der Waals surface area contributed by atoms with Crippen LogP contribution in [0, 0.1) is 5.92 Å². The summed E-state index contributed by atoms with van der Waals surface area (Å²) in [5, 5.41) is 5.10. The van der Waals surface area contributed by atoms with Crippen molar-refractivity contribution in [1.29, 1.82) is 0 Å². The van der Waals surface area contributed by atoms with Crippen LogP contribution in [0.4, 0.5) is 17.6 Å². The van der Waals surface area contributed by atoms with Gasteiger partial charge in [-0.2, -0.15) is 13.2 Å². The van der Waals surface area contributed by atoms with Gasteiger partial charge in [0.1, 0.15) is 12.3 Å². The lowest BCUT2D eigenvalue weighted by Gasteiger charge is -2.30. The molecule has 3 aliphatic rings. The first-order valence-electron chi connectivity index (χ1n) is 10.2. The predicted octanol–water partition coefficient (Wildman–Crippen LogP) is 2.11. The molecule has 4 N–H and O–H groups in total. The molecule has 0 spiro atoms. The molecule has 0 aromatic rings. The van der Waals surface area contributed by atoms with Crippen LogP contribution in [0.25, 0.3) is 0 Å². The van der Waals surface area contributed by atoms with Gasteiger partial charge in [-0.3, -0.25) is 15.5 Å². The molecule has 8 unspecified atom stereocenters. The maximum atomic E-state index is 13.9. The smallest absolute Gasteiger partial charge is 0.365 e. The summed E-state index contributed by atoms with van der Waals surface area (Å²) in [7, 11) is 0. The highest BCUT2D eigenvalue weighted by Gasteiger charge is 2.53. The zero-order valence-corrected chi connectivity index (χ0v) is 17.6. The van der Waals surface area contributed by atoms with Gasteiger partial charge in [0, 0.05) is 23.9 Å². The fraction of sp³-hybridized carbons (Fsp3) is 0.889. The van der Waals surface area contributed by atoms with Crippen molar-refractivity contribution in [2.45, 2.75) is 94.1 Å². The number of hydrazine groups is 1. The first kappa shape index (κ1) is 23.5. The van der Waals surface area contributed by atoms with Crippen molar-refractivity contribution >= 4 is 23.5 Å². The van der Waals surface area contributed by atoms with Gasteiger partial charge < -0.3 is 10.1 Å². The molecule has 30 heavy (non-hydrogen) atoms. The lowest BCUT2D eigenvalue weighted by atomic mass is 9.93. The van der Waals surface area contributed by atoms with Crippen LogP contribution in [0.3, 0.4) is 0 Å². The van der Waals surface area contributed by atoms with Crippen LogP contribution in [0.5, 0.6) is 0 Å². The Kier molecular flexibility index (Phi) is 7.47. The number of carbonyl (C=O) groups excluding carboxylic acids is 1. The minimum Gasteiger partial charge on any atom is -0.365 e. The minimum atomic E-state index is -4.65. The number of alkyl halides is 5. The molecule has 172 valence electrons. The number of halogens is 5. The van der Waals surface area contributed by atoms with E-state index in [2.05, 4.69) is 26.5 Å². The lowest BCUT2D eigenvalue weighted by molar-refractivity contribution is -0.222. The average Bonchev–Trinajstić information content (AvgIpc) is 3.19. The SMILES string of the molecule is CC1CC(/N=C(\NC(=O)C2CC(C)OC2C(F)(F)F)NC2CC(F)CC(Cl)C2)NN1. The number of guanidine groups is 1. The van der Waals surface area contributed by atoms with Crippen LogP contribution in [0.15, 0.2) is 4.99 Å². The van der Waals surface area contributed by atoms with Crippen LogP contribution >= 0.6 is 11.6 Å². The van der Waals surface area contributed by atoms with Crippen molar-refractivity contribution in [3.05, 3.63) is 0 Å². The minimum absolute atomic E-state index is 0.0110. The number of amides is 1. The third kappa shape index (κ3) is 6.18. The fourth-order valence-corrected chi connectivity index (χ4v) is 4.58. The summed E-state index contributed by atoms with van der Waals surface area (Å²) < 4.78 is 58.7. The molecular formula is C18H28ClF4N5O2. The van der Waals surface area contributed by atoms with Crippen molar-refractivity contribution in [1.82, 2.24) is 21.5 Å². The van der Waals surface area contributed by atoms with Gasteiger partial charge in [-0.05, 0) is 39.5 Å². The number of aliphatic imine (C=N–C) groups is 1. The monoisotopic (exact) mass is 457 g/mol. The molecule has 1 saturated carbocycles. The number of nitrogens with one attached hydrogen (secondary N) is 4. The van der Waals surface area contributed by atoms with E-state index >= 15 is 0 Å². The largest absolute Gasteiger partial charge is 0.415 e. The lowest BCUT2D eigenvalue weighted by Crippen LogP contribution is -2.52. The van der Waals surface area contributed by atoms with Crippen LogP contribution in [0.1, 0.15) is 46.0 Å². The van der Waals surface area contributed by atoms with Gasteiger partial charge in [-0.1, -0.05) is 0 Å². The maximum Gasteiger partial charge on any atom is 0.415 e. The Hall–Kier alpha value is -1.17. The number of ether oxygens (including phenoxy) is 1. The number of carbonyl (C=O) groups is 1. The highest BCUT2D eigenvalue weighted by molar-refractivity contribution is 6.20. The first-order valence-corrected chi connectivity index (χ1v) is 10.6. The van der Waals surface area contributed by atoms with Crippen molar-refractivity contribution in [3.63, 3.8) is 0 Å². The molecule has 3 rings (SSSR count). The highest BCUT2D eigenvalue weighted by Crippen LogP contribution is 2.37. The molecular weight excluding hydrogens is 430 g/mol. The zero-order chi connectivity index (χ0) is 22.1. The molecule has 0 aromatic carbocycles. The summed E-state index contributed by atoms with van der Waals surface area (Å²) in [5.41, 5.74) is 5.93. The molecule has 2 aliphatic heterocycles. The summed E-state index contributed by atoms with van der Waals surface area (Å²) in [6.45, 7) is 3.44. The van der Waals surface area contributed by atoms with Crippen LogP contribution in [-0.4, -0.2) is 60.0 Å². The van der Waals surface area contributed by atoms with E-state index in [1.165, 1.54) is 6.92 Å². The summed E-state index contributed by atoms with van der Waals surface area (Å²) in [6, 6.07) is -0.259. The standard InChI is InChI=1S/C18H28ClF4N5O2/c1-8-3-14(28-27-8)25-17(24-12-6-10(19)5-11(20)7-12)26-16(29)13-4-9(2)30-15(13)18(21,22)23/h8-15,27-28H,3-7H2,1-2H3,(H2,24,25,26,29). The normalized spacial score (nSPS) is 40.4. The summed E-state index contributed by atoms with van der Waals surface area (Å²) in [5.74, 6) is -2.21. The van der Waals surface area contributed by atoms with E-state index < -0.39 is 42.5 Å². The third-order valence-electron chi connectivity index (χ3n) is 5.52. The quantitative estimate of drug-likeness (QED) is 0.226. The molecule has 0 aromatic heterocycles. The van der Waals surface area contributed by atoms with Crippen LogP contribution in [-0.2, 0) is 9.53 Å². The van der Waals surface area contributed by atoms with E-state index in [0.717, 1.165) is 0 Å². The second-order valence-electron chi connectivity index (χ2n) is 8.40. The van der Waals surface area contributed by atoms with Gasteiger partial charge in [0.05, 0.1) is 12.0 Å². The van der Waals surface area contributed by atoms with Gasteiger partial charge in [-0.15, -0.1) is 11.6 Å². The van der Waals surface area contributed by atoms with Crippen molar-refractivity contribution in [2.24, 2.45) is 10.9 Å². The summed E-state index contributed by atoms with van der Waals surface area (Å²) in [4.78, 5) is 17.1. The third-order valence-corrected chi connectivity index (χ3v) is 5.88. The van der Waals surface area contributed by atoms with E-state index in [9.17, 15) is 22.4 Å². The maximum absolute atomic E-state index is 13.9. The van der Waals surface area contributed by atoms with E-state index in [1.807, 2.05) is 6.92 Å². The summed E-state index contributed by atoms with van der Waals surface area (Å²) >= 11 is 6.10. The van der Waals surface area contributed by atoms with Gasteiger partial charge in [0.2, 0.25) is 5.91 Å². The van der Waals surface area contributed by atoms with Gasteiger partial charge in [0.15, 0.2) is 12.1 Å². The predicted molar refractivity (Wildman–Crippen MR) is 104 cm³/mol. The second kappa shape index (κ2) is 9.54. The van der Waals surface area contributed by atoms with Crippen molar-refractivity contribution in [2.75, 3.05) is 0 Å². The number of hydrogen-bond acceptors (Lipinski definition) is 5. The topological polar surface area (TPSA) is 86.8 Å². The van der Waals surface area contributed by atoms with Crippen molar-refractivity contribution < 1.29 is 27.1 Å². The molecule has 12 heteroatoms. The Morgan fingerprint density at radius 1 is 1.13 bits per heavy atom. The Morgan fingerprint density at radius 3 is 2.47 bits per heavy atom. The van der Waals surface area contributed by atoms with E-state index in [4.69, 9.17) is 16.3 Å². The Morgan fingerprint density at radius 2 is 1.87 bits per heavy atom. The molecule has 7 nitrogen and oxygen atoms in total. The van der Waals surface area contributed by atoms with Crippen molar-refractivity contribution in [3.8, 4) is 0 Å². The van der Waals surface area contributed by atoms with Gasteiger partial charge >= 0.3 is 6.18 Å². The Labute approximate surface area is 177 Å². The average molecular weight is 458 g/mol. The molecule has 1 aliphatic carbocycles. The van der Waals surface area contributed by atoms with Gasteiger partial charge in [-0.25, -0.2) is 14.8 Å². The highest BCUT2D eigenvalue weighted by atomic mass is 35.5. The Bertz CT molecular complexity index is 643.